The summed E-state index contributed by atoms with van der Waals surface area (Å²) in [6, 6.07) is 15.5. The van der Waals surface area contributed by atoms with Gasteiger partial charge in [0.25, 0.3) is 0 Å². The topological polar surface area (TPSA) is 90.8 Å². The van der Waals surface area contributed by atoms with Crippen molar-refractivity contribution in [3.63, 3.8) is 0 Å². The Morgan fingerprint density at radius 2 is 1.76 bits per heavy atom. The third-order valence-corrected chi connectivity index (χ3v) is 9.33. The van der Waals surface area contributed by atoms with Crippen molar-refractivity contribution in [1.29, 1.82) is 0 Å². The van der Waals surface area contributed by atoms with E-state index in [1.807, 2.05) is 6.07 Å². The highest BCUT2D eigenvalue weighted by Crippen LogP contribution is 2.38. The van der Waals surface area contributed by atoms with E-state index in [2.05, 4.69) is 28.2 Å². The van der Waals surface area contributed by atoms with E-state index in [0.717, 1.165) is 62.9 Å². The summed E-state index contributed by atoms with van der Waals surface area (Å²) in [5.41, 5.74) is 3.81. The molecule has 182 valence electrons. The second-order valence-electron chi connectivity index (χ2n) is 10.1. The lowest BCUT2D eigenvalue weighted by Crippen LogP contribution is -2.32. The van der Waals surface area contributed by atoms with Crippen LogP contribution in [-0.4, -0.2) is 38.5 Å². The van der Waals surface area contributed by atoms with Crippen molar-refractivity contribution in [3.8, 4) is 0 Å². The van der Waals surface area contributed by atoms with Gasteiger partial charge in [0.05, 0.1) is 17.3 Å². The number of rotatable bonds is 7. The number of amidine groups is 1. The van der Waals surface area contributed by atoms with Gasteiger partial charge in [-0.3, -0.25) is 4.99 Å². The van der Waals surface area contributed by atoms with Crippen molar-refractivity contribution in [2.45, 2.75) is 68.4 Å². The van der Waals surface area contributed by atoms with Crippen LogP contribution in [0.3, 0.4) is 0 Å². The minimum absolute atomic E-state index is 0.105. The SMILES string of the molecule is O=S(=O)(NCC1CCC(CN=C2C[C@H]3c4ccc(CO)cc4CC[C@H]3N2)CC1)c1ccccc1. The van der Waals surface area contributed by atoms with E-state index >= 15 is 0 Å². The molecule has 0 amide bonds. The van der Waals surface area contributed by atoms with Gasteiger partial charge >= 0.3 is 0 Å². The summed E-state index contributed by atoms with van der Waals surface area (Å²) in [5, 5.41) is 13.1. The summed E-state index contributed by atoms with van der Waals surface area (Å²) in [7, 11) is -3.42. The van der Waals surface area contributed by atoms with Gasteiger partial charge in [0, 0.05) is 31.5 Å². The summed E-state index contributed by atoms with van der Waals surface area (Å²) < 4.78 is 27.7. The summed E-state index contributed by atoms with van der Waals surface area (Å²) in [5.74, 6) is 2.61. The molecule has 2 fully saturated rings. The molecule has 3 aliphatic rings. The molecule has 1 heterocycles. The fraction of sp³-hybridized carbons (Fsp3) is 0.519. The van der Waals surface area contributed by atoms with Crippen LogP contribution < -0.4 is 10.0 Å². The zero-order valence-electron chi connectivity index (χ0n) is 19.6. The molecule has 2 aliphatic carbocycles. The Balaban J connectivity index is 1.10. The van der Waals surface area contributed by atoms with Crippen LogP contribution in [0.1, 0.15) is 61.1 Å². The minimum atomic E-state index is -3.42. The number of nitrogens with zero attached hydrogens (tertiary/aromatic N) is 1. The lowest BCUT2D eigenvalue weighted by molar-refractivity contribution is 0.280. The molecule has 0 aromatic heterocycles. The van der Waals surface area contributed by atoms with E-state index in [-0.39, 0.29) is 6.61 Å². The van der Waals surface area contributed by atoms with Crippen LogP contribution in [0.5, 0.6) is 0 Å². The molecule has 0 radical (unpaired) electrons. The number of fused-ring (bicyclic) bond motifs is 3. The van der Waals surface area contributed by atoms with Crippen molar-refractivity contribution in [2.24, 2.45) is 16.8 Å². The molecule has 1 aliphatic heterocycles. The maximum atomic E-state index is 12.5. The number of nitrogens with one attached hydrogen (secondary N) is 2. The quantitative estimate of drug-likeness (QED) is 0.562. The highest BCUT2D eigenvalue weighted by atomic mass is 32.2. The predicted octanol–water partition coefficient (Wildman–Crippen LogP) is 3.75. The first kappa shape index (κ1) is 23.5. The first-order valence-corrected chi connectivity index (χ1v) is 14.1. The summed E-state index contributed by atoms with van der Waals surface area (Å²) in [6.45, 7) is 1.48. The molecule has 34 heavy (non-hydrogen) atoms. The molecular formula is C27H35N3O3S. The number of hydrogen-bond donors (Lipinski definition) is 3. The molecule has 1 saturated heterocycles. The van der Waals surface area contributed by atoms with E-state index in [4.69, 9.17) is 4.99 Å². The van der Waals surface area contributed by atoms with Crippen LogP contribution >= 0.6 is 0 Å². The van der Waals surface area contributed by atoms with Gasteiger partial charge in [-0.2, -0.15) is 0 Å². The third-order valence-electron chi connectivity index (χ3n) is 7.89. The molecule has 3 N–H and O–H groups in total. The van der Waals surface area contributed by atoms with Crippen molar-refractivity contribution >= 4 is 15.9 Å². The second kappa shape index (κ2) is 10.2. The van der Waals surface area contributed by atoms with Crippen LogP contribution in [0.4, 0.5) is 0 Å². The number of aliphatic imine (C=N–C) groups is 1. The van der Waals surface area contributed by atoms with Gasteiger partial charge < -0.3 is 10.4 Å². The first-order valence-electron chi connectivity index (χ1n) is 12.6. The van der Waals surface area contributed by atoms with Crippen molar-refractivity contribution < 1.29 is 13.5 Å². The van der Waals surface area contributed by atoms with E-state index in [1.165, 1.54) is 11.1 Å². The highest BCUT2D eigenvalue weighted by Gasteiger charge is 2.36. The lowest BCUT2D eigenvalue weighted by Gasteiger charge is -2.28. The third kappa shape index (κ3) is 5.21. The van der Waals surface area contributed by atoms with Crippen molar-refractivity contribution in [2.75, 3.05) is 13.1 Å². The molecule has 2 atom stereocenters. The molecule has 0 unspecified atom stereocenters. The van der Waals surface area contributed by atoms with Gasteiger partial charge in [-0.05, 0) is 79.2 Å². The van der Waals surface area contributed by atoms with E-state index < -0.39 is 10.0 Å². The standard InChI is InChI=1S/C27H35N3O3S/c31-18-21-10-12-24-22(14-21)11-13-26-25(24)15-27(30-26)28-16-19-6-8-20(9-7-19)17-29-34(32,33)23-4-2-1-3-5-23/h1-5,10,12,14,19-20,25-26,29,31H,6-9,11,13,15-18H2,(H,28,30)/t19?,20?,25-,26+/m0/s1. The van der Waals surface area contributed by atoms with E-state index in [0.29, 0.717) is 35.2 Å². The number of hydrogen-bond acceptors (Lipinski definition) is 4. The Morgan fingerprint density at radius 3 is 2.53 bits per heavy atom. The number of aliphatic hydroxyl groups is 1. The lowest BCUT2D eigenvalue weighted by atomic mass is 9.79. The second-order valence-corrected chi connectivity index (χ2v) is 11.9. The smallest absolute Gasteiger partial charge is 0.240 e. The Bertz CT molecular complexity index is 1130. The fourth-order valence-corrected chi connectivity index (χ4v) is 6.99. The van der Waals surface area contributed by atoms with Crippen LogP contribution in [0.2, 0.25) is 0 Å². The molecule has 1 saturated carbocycles. The Kier molecular flexibility index (Phi) is 7.04. The zero-order valence-corrected chi connectivity index (χ0v) is 20.4. The predicted molar refractivity (Wildman–Crippen MR) is 134 cm³/mol. The molecule has 5 rings (SSSR count). The summed E-state index contributed by atoms with van der Waals surface area (Å²) in [6.07, 6.45) is 7.46. The monoisotopic (exact) mass is 481 g/mol. The van der Waals surface area contributed by atoms with Gasteiger partial charge in [0.15, 0.2) is 0 Å². The molecular weight excluding hydrogens is 446 g/mol. The van der Waals surface area contributed by atoms with Crippen LogP contribution in [0.25, 0.3) is 0 Å². The molecule has 0 bridgehead atoms. The van der Waals surface area contributed by atoms with Gasteiger partial charge in [-0.1, -0.05) is 36.4 Å². The minimum Gasteiger partial charge on any atom is -0.392 e. The summed E-state index contributed by atoms with van der Waals surface area (Å²) >= 11 is 0. The van der Waals surface area contributed by atoms with Crippen LogP contribution in [0.15, 0.2) is 58.4 Å². The van der Waals surface area contributed by atoms with Gasteiger partial charge in [0.1, 0.15) is 0 Å². The first-order chi connectivity index (χ1) is 16.5. The Morgan fingerprint density at radius 1 is 1.00 bits per heavy atom. The van der Waals surface area contributed by atoms with Gasteiger partial charge in [0.2, 0.25) is 10.0 Å². The zero-order chi connectivity index (χ0) is 23.5. The Hall–Kier alpha value is -2.22. The van der Waals surface area contributed by atoms with Crippen LogP contribution in [-0.2, 0) is 23.1 Å². The molecule has 2 aromatic rings. The van der Waals surface area contributed by atoms with Gasteiger partial charge in [-0.25, -0.2) is 13.1 Å². The van der Waals surface area contributed by atoms with Gasteiger partial charge in [-0.15, -0.1) is 0 Å². The highest BCUT2D eigenvalue weighted by molar-refractivity contribution is 7.89. The van der Waals surface area contributed by atoms with E-state index in [1.54, 1.807) is 24.3 Å². The fourth-order valence-electron chi connectivity index (χ4n) is 5.85. The molecule has 6 nitrogen and oxygen atoms in total. The molecule has 2 aromatic carbocycles. The number of aryl methyl sites for hydroxylation is 1. The molecule has 0 spiro atoms. The Labute approximate surface area is 202 Å². The summed E-state index contributed by atoms with van der Waals surface area (Å²) in [4.78, 5) is 5.32. The maximum absolute atomic E-state index is 12.5. The average molecular weight is 482 g/mol. The normalized spacial score (nSPS) is 27.7. The number of aliphatic hydroxyl groups excluding tert-OH is 1. The number of sulfonamides is 1. The number of benzene rings is 2. The maximum Gasteiger partial charge on any atom is 0.240 e. The largest absolute Gasteiger partial charge is 0.392 e. The van der Waals surface area contributed by atoms with Crippen LogP contribution in [0, 0.1) is 11.8 Å². The van der Waals surface area contributed by atoms with Crippen molar-refractivity contribution in [1.82, 2.24) is 10.0 Å². The van der Waals surface area contributed by atoms with Crippen molar-refractivity contribution in [3.05, 3.63) is 65.2 Å². The molecule has 7 heteroatoms. The van der Waals surface area contributed by atoms with E-state index in [9.17, 15) is 13.5 Å². The average Bonchev–Trinajstić information content (AvgIpc) is 3.31.